The van der Waals surface area contributed by atoms with Crippen molar-refractivity contribution in [1.29, 1.82) is 0 Å². The van der Waals surface area contributed by atoms with Crippen molar-refractivity contribution in [1.82, 2.24) is 0 Å². The largest absolute Gasteiger partial charge is 0.452 e. The molecule has 128 heavy (non-hydrogen) atoms. The van der Waals surface area contributed by atoms with Crippen LogP contribution >= 0.6 is 0 Å². The van der Waals surface area contributed by atoms with Crippen LogP contribution in [0.25, 0.3) is 0 Å². The highest BCUT2D eigenvalue weighted by atomic mass is 16.8. The minimum absolute atomic E-state index is 0.0249. The molecule has 0 aromatic heterocycles. The molecule has 730 valence electrons. The maximum absolute atomic E-state index is 16.5. The zero-order valence-corrected chi connectivity index (χ0v) is 74.8. The van der Waals surface area contributed by atoms with Crippen LogP contribution in [0.1, 0.15) is 167 Å². The molecular formula is C89H140O39. The predicted octanol–water partition coefficient (Wildman–Crippen LogP) is -2.22. The molecule has 0 radical (unpaired) electrons. The summed E-state index contributed by atoms with van der Waals surface area (Å²) in [4.78, 5) is 44.9. The van der Waals surface area contributed by atoms with Crippen LogP contribution in [0.2, 0.25) is 0 Å². The van der Waals surface area contributed by atoms with E-state index in [1.165, 1.54) is 58.9 Å². The molecule has 20 N–H and O–H groups in total. The Hall–Kier alpha value is -4.21. The Morgan fingerprint density at radius 3 is 1.63 bits per heavy atom. The molecule has 11 fully saturated rings. The zero-order valence-electron chi connectivity index (χ0n) is 74.8. The van der Waals surface area contributed by atoms with Gasteiger partial charge in [-0.25, -0.2) is 9.59 Å². The van der Waals surface area contributed by atoms with Gasteiger partial charge in [-0.05, 0) is 163 Å². The van der Waals surface area contributed by atoms with Crippen molar-refractivity contribution in [3.63, 3.8) is 0 Å². The standard InChI is InChI=1S/C89H140O39/c1-15-84(10,111)25-17-19-39(3)72(108)124-71-69(123-73(109)42(33-90)20-18-26-85(11,112)16-2)54(95)40(4)118-79(71)117-38-49-58(99)60(101)70(127-77-65(106)61(102)67(41(5)119-77)125-76-66(107)68(47(93)36-115-76)126-75-63(104)56(97)46(92)35-114-75)80(121-49)128-81(110)89-30-29-82(6,7)31-44(89)43-21-22-51-86(12)27-24-53(83(8,9)50(86)23-28-87(51,13)88(43,14)32-52(89)94)122-78-64(105)59(100)57(98)48(120-78)37-116-74-62(103)55(96)45(91)34-113-74/h15-16,19-21,40-41,44-71,74-80,90-107,111-112H,1-2,17-18,22-38H2,3-14H3/b39-19+,42-20+/t40-,41-,44-,45-,46+,47+,48+,49+,50-,51+,52+,53-,54-,55-,56-,57+,58+,59-,60-,61-,62+,63+,64+,65+,66+,67-,68-,69+,70+,71+,74-,75-,76-,77-,78-,79+,80-,84+,85+,86-,87+,88+,89+/m0/s1. The summed E-state index contributed by atoms with van der Waals surface area (Å²) >= 11 is 0. The molecule has 12 aliphatic rings. The highest BCUT2D eigenvalue weighted by Crippen LogP contribution is 2.76. The van der Waals surface area contributed by atoms with E-state index in [1.54, 1.807) is 0 Å². The Balaban J connectivity index is 0.827. The fraction of sp³-hybridized carbons (Fsp3) is 0.854. The van der Waals surface area contributed by atoms with Crippen molar-refractivity contribution in [3.8, 4) is 0 Å². The topological polar surface area (TPSA) is 603 Å². The van der Waals surface area contributed by atoms with Gasteiger partial charge in [0.2, 0.25) is 6.29 Å². The summed E-state index contributed by atoms with van der Waals surface area (Å²) < 4.78 is 97.1. The van der Waals surface area contributed by atoms with Crippen molar-refractivity contribution in [3.05, 3.63) is 60.3 Å². The van der Waals surface area contributed by atoms with E-state index in [4.69, 9.17) is 75.8 Å². The molecule has 4 saturated carbocycles. The molecule has 0 aromatic carbocycles. The molecule has 12 rings (SSSR count). The van der Waals surface area contributed by atoms with Crippen LogP contribution < -0.4 is 0 Å². The van der Waals surface area contributed by atoms with Gasteiger partial charge in [0.1, 0.15) is 127 Å². The highest BCUT2D eigenvalue weighted by Gasteiger charge is 2.73. The second-order valence-electron chi connectivity index (χ2n) is 40.2. The van der Waals surface area contributed by atoms with Crippen LogP contribution in [0.5, 0.6) is 0 Å². The molecule has 7 heterocycles. The van der Waals surface area contributed by atoms with E-state index < -0.39 is 309 Å². The van der Waals surface area contributed by atoms with Crippen LogP contribution in [0.4, 0.5) is 0 Å². The lowest BCUT2D eigenvalue weighted by atomic mass is 9.33. The molecule has 7 aliphatic heterocycles. The van der Waals surface area contributed by atoms with Crippen LogP contribution in [-0.2, 0) is 90.2 Å². The average molecular weight is 1830 g/mol. The first-order valence-electron chi connectivity index (χ1n) is 44.8. The van der Waals surface area contributed by atoms with Crippen LogP contribution in [0.15, 0.2) is 60.3 Å². The molecular weight excluding hydrogens is 1690 g/mol. The van der Waals surface area contributed by atoms with Crippen LogP contribution in [0, 0.1) is 50.2 Å². The molecule has 43 atom stereocenters. The lowest BCUT2D eigenvalue weighted by molar-refractivity contribution is -0.381. The smallest absolute Gasteiger partial charge is 0.336 e. The first kappa shape index (κ1) is 103. The number of hydrogen-bond donors (Lipinski definition) is 20. The summed E-state index contributed by atoms with van der Waals surface area (Å²) in [6, 6.07) is 0. The number of carbonyl (C=O) groups is 3. The second-order valence-corrected chi connectivity index (χ2v) is 40.2. The molecule has 7 saturated heterocycles. The third-order valence-electron chi connectivity index (χ3n) is 30.7. The molecule has 0 bridgehead atoms. The minimum Gasteiger partial charge on any atom is -0.452 e. The van der Waals surface area contributed by atoms with E-state index in [9.17, 15) is 112 Å². The lowest BCUT2D eigenvalue weighted by Gasteiger charge is -2.71. The minimum atomic E-state index is -2.26. The molecule has 0 amide bonds. The number of fused-ring (bicyclic) bond motifs is 7. The number of allylic oxidation sites excluding steroid dienone is 4. The van der Waals surface area contributed by atoms with Crippen molar-refractivity contribution in [2.24, 2.45) is 50.2 Å². The van der Waals surface area contributed by atoms with E-state index in [2.05, 4.69) is 67.7 Å². The van der Waals surface area contributed by atoms with Gasteiger partial charge in [0.25, 0.3) is 0 Å². The lowest BCUT2D eigenvalue weighted by Crippen LogP contribution is -2.69. The summed E-state index contributed by atoms with van der Waals surface area (Å²) in [5.74, 6) is -4.11. The fourth-order valence-electron chi connectivity index (χ4n) is 22.2. The van der Waals surface area contributed by atoms with Crippen molar-refractivity contribution in [2.75, 3.05) is 39.6 Å². The quantitative estimate of drug-likeness (QED) is 0.0124. The summed E-state index contributed by atoms with van der Waals surface area (Å²) in [6.07, 6.45) is -46.9. The van der Waals surface area contributed by atoms with Crippen LogP contribution in [0.3, 0.4) is 0 Å². The summed E-state index contributed by atoms with van der Waals surface area (Å²) in [5, 5.41) is 225. The second kappa shape index (κ2) is 40.2. The van der Waals surface area contributed by atoms with E-state index >= 15 is 4.79 Å². The Morgan fingerprint density at radius 1 is 0.492 bits per heavy atom. The van der Waals surface area contributed by atoms with E-state index in [0.717, 1.165) is 5.57 Å². The van der Waals surface area contributed by atoms with Gasteiger partial charge in [-0.1, -0.05) is 84.4 Å². The van der Waals surface area contributed by atoms with Gasteiger partial charge in [-0.3, -0.25) is 4.79 Å². The predicted molar refractivity (Wildman–Crippen MR) is 438 cm³/mol. The van der Waals surface area contributed by atoms with E-state index in [0.29, 0.717) is 44.9 Å². The van der Waals surface area contributed by atoms with Gasteiger partial charge in [0, 0.05) is 5.57 Å². The summed E-state index contributed by atoms with van der Waals surface area (Å²) in [5.41, 5.74) is -6.85. The first-order valence-corrected chi connectivity index (χ1v) is 44.8. The maximum Gasteiger partial charge on any atom is 0.336 e. The van der Waals surface area contributed by atoms with Gasteiger partial charge < -0.3 is 178 Å². The van der Waals surface area contributed by atoms with Gasteiger partial charge in [0.05, 0.1) is 80.8 Å². The monoisotopic (exact) mass is 1830 g/mol. The number of rotatable bonds is 29. The normalized spacial score (nSPS) is 47.8. The van der Waals surface area contributed by atoms with Crippen molar-refractivity contribution >= 4 is 17.9 Å². The number of hydrogen-bond acceptors (Lipinski definition) is 39. The molecule has 39 nitrogen and oxygen atoms in total. The Labute approximate surface area is 744 Å². The zero-order chi connectivity index (χ0) is 94.1. The van der Waals surface area contributed by atoms with E-state index in [1.807, 2.05) is 0 Å². The van der Waals surface area contributed by atoms with Gasteiger partial charge >= 0.3 is 17.9 Å². The number of ether oxygens (including phenoxy) is 16. The average Bonchev–Trinajstić information content (AvgIpc) is 0.669. The molecule has 39 heteroatoms. The first-order chi connectivity index (χ1) is 59.9. The number of esters is 3. The van der Waals surface area contributed by atoms with Crippen molar-refractivity contribution in [2.45, 2.75) is 387 Å². The Morgan fingerprint density at radius 2 is 1.01 bits per heavy atom. The third-order valence-corrected chi connectivity index (χ3v) is 30.7. The number of aliphatic hydroxyl groups excluding tert-OH is 18. The van der Waals surface area contributed by atoms with E-state index in [-0.39, 0.29) is 68.1 Å². The SMILES string of the molecule is C=C[C@@](C)(O)CC/C=C(\C)C(=O)O[C@H]1[C@H](OC[C@H]2O[C@@H](OC(=O)[C@]34CCC(C)(C)C[C@H]3C3=CC[C@@H]5[C@@]6(C)CC[C@H](O[C@@H]7O[C@H](CO[C@@H]8OC[C@H](O)[C@H](O)[C@H]8O)[C@@H](O)[C@H](O)[C@H]7O)C(C)(C)[C@@H]6CC[C@@]5(C)[C@]3(C)C[C@H]4O)[C@H](O[C@@H]3O[C@@H](C)[C@H](O[C@@H]4OC[C@@H](O)[C@H](O[C@@H]5OC[C@@H](O)[C@H](O)[C@H]5O)[C@H]4O)[C@@H](O)[C@H]3O)[C@@H](O)[C@@H]2O)O[C@@H](C)[C@H](O)[C@H]1OC(=O)/C(=C/CC[C@](C)(O)C=C)CO. The Kier molecular flexibility index (Phi) is 32.3. The summed E-state index contributed by atoms with van der Waals surface area (Å²) in [7, 11) is 0. The maximum atomic E-state index is 16.5. The van der Waals surface area contributed by atoms with Gasteiger partial charge in [-0.2, -0.15) is 0 Å². The third kappa shape index (κ3) is 20.3. The highest BCUT2D eigenvalue weighted by molar-refractivity contribution is 5.89. The summed E-state index contributed by atoms with van der Waals surface area (Å²) in [6.45, 7) is 25.7. The molecule has 0 unspecified atom stereocenters. The Bertz CT molecular complexity index is 3900. The number of carbonyl (C=O) groups excluding carboxylic acids is 3. The van der Waals surface area contributed by atoms with Gasteiger partial charge in [-0.15, -0.1) is 13.2 Å². The van der Waals surface area contributed by atoms with Gasteiger partial charge in [0.15, 0.2) is 56.1 Å². The fourth-order valence-corrected chi connectivity index (χ4v) is 22.2. The molecule has 0 aromatic rings. The van der Waals surface area contributed by atoms with Crippen molar-refractivity contribution < 1.29 is 192 Å². The molecule has 5 aliphatic carbocycles. The number of aliphatic hydroxyl groups is 20. The van der Waals surface area contributed by atoms with Crippen LogP contribution in [-0.4, -0.2) is 380 Å². The molecule has 0 spiro atoms.